The van der Waals surface area contributed by atoms with Crippen molar-refractivity contribution >= 4 is 40.0 Å². The van der Waals surface area contributed by atoms with Gasteiger partial charge in [0.1, 0.15) is 17.5 Å². The van der Waals surface area contributed by atoms with Crippen LogP contribution in [0, 0.1) is 11.3 Å². The van der Waals surface area contributed by atoms with E-state index < -0.39 is 31.4 Å². The molecular weight excluding hydrogens is 559 g/mol. The van der Waals surface area contributed by atoms with Crippen molar-refractivity contribution in [3.05, 3.63) is 127 Å². The van der Waals surface area contributed by atoms with Gasteiger partial charge in [-0.05, 0) is 41.9 Å². The van der Waals surface area contributed by atoms with Crippen LogP contribution in [0.15, 0.2) is 126 Å². The summed E-state index contributed by atoms with van der Waals surface area (Å²) < 4.78 is 11.2. The number of nitrogens with zero attached hydrogens (tertiary/aromatic N) is 3. The summed E-state index contributed by atoms with van der Waals surface area (Å²) in [5.74, 6) is 0.208. The van der Waals surface area contributed by atoms with Gasteiger partial charge in [0.2, 0.25) is 11.8 Å². The van der Waals surface area contributed by atoms with Gasteiger partial charge >= 0.3 is 6.09 Å². The molecule has 8 nitrogen and oxygen atoms in total. The molecular formula is C34H29N4O4P. The molecule has 4 aromatic carbocycles. The highest BCUT2D eigenvalue weighted by Crippen LogP contribution is 2.46. The summed E-state index contributed by atoms with van der Waals surface area (Å²) in [7, 11) is 0. The average molecular weight is 589 g/mol. The van der Waals surface area contributed by atoms with Crippen LogP contribution in [0.4, 0.5) is 4.79 Å². The number of benzene rings is 4. The van der Waals surface area contributed by atoms with Crippen molar-refractivity contribution in [2.45, 2.75) is 19.4 Å². The van der Waals surface area contributed by atoms with E-state index in [-0.39, 0.29) is 11.7 Å². The number of carbonyl (C=O) groups is 2. The van der Waals surface area contributed by atoms with Crippen LogP contribution in [0.5, 0.6) is 0 Å². The fourth-order valence-corrected chi connectivity index (χ4v) is 9.03. The molecule has 0 radical (unpaired) electrons. The van der Waals surface area contributed by atoms with Crippen LogP contribution in [-0.4, -0.2) is 40.0 Å². The number of aromatic nitrogens is 2. The lowest BCUT2D eigenvalue weighted by Gasteiger charge is -2.30. The maximum absolute atomic E-state index is 13.8. The van der Waals surface area contributed by atoms with Gasteiger partial charge in [0.15, 0.2) is 5.78 Å². The first-order chi connectivity index (χ1) is 21.0. The largest absolute Gasteiger partial charge is 0.446 e. The molecule has 0 saturated heterocycles. The number of nitriles is 1. The molecule has 43 heavy (non-hydrogen) atoms. The van der Waals surface area contributed by atoms with Crippen LogP contribution in [-0.2, 0) is 16.0 Å². The molecule has 1 atom stereocenters. The number of alkyl carbamates (subject to hydrolysis) is 1. The lowest BCUT2D eigenvalue weighted by Crippen LogP contribution is -2.39. The summed E-state index contributed by atoms with van der Waals surface area (Å²) in [6, 6.07) is 40.4. The normalized spacial score (nSPS) is 11.6. The number of hydrogen-bond acceptors (Lipinski definition) is 7. The first-order valence-electron chi connectivity index (χ1n) is 13.7. The fraction of sp³-hybridized carbons (Fsp3) is 0.118. The molecule has 0 aliphatic heterocycles. The Morgan fingerprint density at radius 2 is 1.30 bits per heavy atom. The van der Waals surface area contributed by atoms with Crippen molar-refractivity contribution in [1.29, 1.82) is 5.26 Å². The minimum atomic E-state index is -2.89. The van der Waals surface area contributed by atoms with Crippen LogP contribution in [0.25, 0.3) is 11.5 Å². The summed E-state index contributed by atoms with van der Waals surface area (Å²) in [4.78, 5) is 26.5. The highest BCUT2D eigenvalue weighted by atomic mass is 31.2. The smallest absolute Gasteiger partial charge is 0.407 e. The fourth-order valence-electron chi connectivity index (χ4n) is 4.90. The Kier molecular flexibility index (Phi) is 9.26. The third kappa shape index (κ3) is 6.48. The number of ketones is 1. The monoisotopic (exact) mass is 588 g/mol. The van der Waals surface area contributed by atoms with Crippen LogP contribution in [0.2, 0.25) is 0 Å². The van der Waals surface area contributed by atoms with Crippen molar-refractivity contribution < 1.29 is 18.7 Å². The van der Waals surface area contributed by atoms with Crippen molar-refractivity contribution in [3.8, 4) is 17.5 Å². The highest BCUT2D eigenvalue weighted by Gasteiger charge is 2.33. The zero-order valence-electron chi connectivity index (χ0n) is 23.5. The number of carbonyl (C=O) groups excluding carboxylic acids is 2. The van der Waals surface area contributed by atoms with Crippen molar-refractivity contribution in [1.82, 2.24) is 15.5 Å². The van der Waals surface area contributed by atoms with E-state index in [1.165, 1.54) is 0 Å². The molecule has 5 rings (SSSR count). The van der Waals surface area contributed by atoms with Crippen molar-refractivity contribution in [3.63, 3.8) is 0 Å². The Labute approximate surface area is 250 Å². The van der Waals surface area contributed by atoms with Gasteiger partial charge in [-0.15, -0.1) is 10.2 Å². The second-order valence-corrected chi connectivity index (χ2v) is 13.0. The molecule has 5 aromatic rings. The molecule has 0 fully saturated rings. The number of nitrogens with one attached hydrogen (secondary N) is 1. The molecule has 1 aromatic heterocycles. The third-order valence-electron chi connectivity index (χ3n) is 6.79. The zero-order valence-corrected chi connectivity index (χ0v) is 24.4. The van der Waals surface area contributed by atoms with Crippen LogP contribution >= 0.6 is 6.89 Å². The molecule has 1 heterocycles. The molecule has 0 aliphatic carbocycles. The van der Waals surface area contributed by atoms with Gasteiger partial charge in [0.05, 0.1) is 13.0 Å². The molecule has 1 N–H and O–H groups in total. The summed E-state index contributed by atoms with van der Waals surface area (Å²) in [6.45, 7) is -1.60. The molecule has 0 bridgehead atoms. The summed E-state index contributed by atoms with van der Waals surface area (Å²) in [6.07, 6.45) is -1.20. The first-order valence-corrected chi connectivity index (χ1v) is 15.5. The number of ether oxygens (including phenoxy) is 1. The van der Waals surface area contributed by atoms with Gasteiger partial charge in [0, 0.05) is 5.56 Å². The minimum absolute atomic E-state index is 0.0868. The van der Waals surface area contributed by atoms with E-state index in [2.05, 4.69) is 21.6 Å². The van der Waals surface area contributed by atoms with Gasteiger partial charge in [-0.2, -0.15) is 5.26 Å². The predicted molar refractivity (Wildman–Crippen MR) is 168 cm³/mol. The van der Waals surface area contributed by atoms with E-state index in [0.717, 1.165) is 21.5 Å². The lowest BCUT2D eigenvalue weighted by atomic mass is 10.2. The Morgan fingerprint density at radius 3 is 1.79 bits per heavy atom. The quantitative estimate of drug-likeness (QED) is 0.236. The van der Waals surface area contributed by atoms with Gasteiger partial charge < -0.3 is 14.5 Å². The second-order valence-electron chi connectivity index (χ2n) is 9.70. The molecule has 0 saturated carbocycles. The molecule has 0 aliphatic rings. The van der Waals surface area contributed by atoms with E-state index in [1.54, 1.807) is 6.92 Å². The van der Waals surface area contributed by atoms with Crippen molar-refractivity contribution in [2.24, 2.45) is 0 Å². The maximum Gasteiger partial charge on any atom is 0.407 e. The minimum Gasteiger partial charge on any atom is -0.446 e. The van der Waals surface area contributed by atoms with Gasteiger partial charge in [-0.25, -0.2) is 4.79 Å². The van der Waals surface area contributed by atoms with Gasteiger partial charge in [-0.1, -0.05) is 109 Å². The van der Waals surface area contributed by atoms with Crippen molar-refractivity contribution in [2.75, 3.05) is 6.54 Å². The van der Waals surface area contributed by atoms with E-state index in [1.807, 2.05) is 121 Å². The molecule has 214 valence electrons. The molecule has 0 spiro atoms. The summed E-state index contributed by atoms with van der Waals surface area (Å²) >= 11 is 0. The average Bonchev–Trinajstić information content (AvgIpc) is 3.52. The first kappa shape index (κ1) is 29.2. The third-order valence-corrected chi connectivity index (χ3v) is 11.0. The van der Waals surface area contributed by atoms with E-state index >= 15 is 0 Å². The van der Waals surface area contributed by atoms with E-state index in [0.29, 0.717) is 11.8 Å². The van der Waals surface area contributed by atoms with E-state index in [4.69, 9.17) is 9.15 Å². The zero-order chi connectivity index (χ0) is 30.1. The highest BCUT2D eigenvalue weighted by molar-refractivity contribution is 7.97. The molecule has 1 unspecified atom stereocenters. The second kappa shape index (κ2) is 13.6. The molecule has 1 amide bonds. The topological polar surface area (TPSA) is 118 Å². The van der Waals surface area contributed by atoms with Crippen LogP contribution in [0.3, 0.4) is 0 Å². The Hall–Kier alpha value is -5.25. The number of hydrogen-bond donors (Lipinski definition) is 1. The summed E-state index contributed by atoms with van der Waals surface area (Å²) in [5, 5.41) is 23.8. The van der Waals surface area contributed by atoms with E-state index in [9.17, 15) is 14.9 Å². The maximum atomic E-state index is 13.8. The predicted octanol–water partition coefficient (Wildman–Crippen LogP) is 4.65. The molecule has 9 heteroatoms. The number of Topliss-reactive ketones (excluding diaryl/α,β-unsaturated/α-hetero) is 1. The Morgan fingerprint density at radius 1 is 0.814 bits per heavy atom. The van der Waals surface area contributed by atoms with Gasteiger partial charge in [-0.3, -0.25) is 4.79 Å². The Bertz CT molecular complexity index is 1680. The van der Waals surface area contributed by atoms with Crippen LogP contribution in [0.1, 0.15) is 12.8 Å². The van der Waals surface area contributed by atoms with Crippen LogP contribution < -0.4 is 21.2 Å². The Balaban J connectivity index is 1.38. The number of rotatable bonds is 10. The standard InChI is InChI=1S/C34H29N4O4P/c1-25(22-32-37-38-33(42-32)26-14-6-2-7-15-26)41-34(40)36-24-30(39)31(23-35)43(27-16-8-3-9-17-27,28-18-10-4-11-19-28)29-20-12-5-13-21-29/h2-21,25H,22,24H2,1H3,(H,36,40). The SMILES string of the molecule is CC(Cc1nnc(-c2ccccc2)o1)OC(=O)NCC(=O)C(C#N)=P(c1ccccc1)(c1ccccc1)c1ccccc1. The van der Waals surface area contributed by atoms with Gasteiger partial charge in [0.25, 0.3) is 0 Å². The summed E-state index contributed by atoms with van der Waals surface area (Å²) in [5.41, 5.74) is 0.788. The lowest BCUT2D eigenvalue weighted by molar-refractivity contribution is -0.111. The number of amides is 1.